The number of hydrogen-bond acceptors (Lipinski definition) is 1. The molecule has 1 aliphatic carbocycles. The van der Waals surface area contributed by atoms with Crippen LogP contribution in [0.15, 0.2) is 70.4 Å². The van der Waals surface area contributed by atoms with E-state index in [0.29, 0.717) is 5.41 Å². The van der Waals surface area contributed by atoms with Gasteiger partial charge in [0.25, 0.3) is 0 Å². The molecule has 138 valence electrons. The minimum atomic E-state index is 0.311. The summed E-state index contributed by atoms with van der Waals surface area (Å²) in [5.41, 5.74) is 7.27. The number of nitrogens with one attached hydrogen (secondary N) is 1. The molecule has 0 aromatic carbocycles. The fourth-order valence-electron chi connectivity index (χ4n) is 3.30. The van der Waals surface area contributed by atoms with E-state index in [-0.39, 0.29) is 0 Å². The lowest BCUT2D eigenvalue weighted by Crippen LogP contribution is -2.19. The van der Waals surface area contributed by atoms with Crippen molar-refractivity contribution < 1.29 is 0 Å². The molecular formula is C24H37N. The zero-order chi connectivity index (χ0) is 18.9. The molecule has 0 saturated heterocycles. The fraction of sp³-hybridized carbons (Fsp3) is 0.500. The summed E-state index contributed by atoms with van der Waals surface area (Å²) in [6.45, 7) is 14.4. The Balaban J connectivity index is 2.72. The van der Waals surface area contributed by atoms with E-state index < -0.39 is 0 Å². The van der Waals surface area contributed by atoms with Crippen LogP contribution in [0.2, 0.25) is 0 Å². The van der Waals surface area contributed by atoms with Gasteiger partial charge < -0.3 is 5.32 Å². The summed E-state index contributed by atoms with van der Waals surface area (Å²) < 4.78 is 0. The van der Waals surface area contributed by atoms with E-state index in [9.17, 15) is 0 Å². The van der Waals surface area contributed by atoms with Crippen LogP contribution in [0.5, 0.6) is 0 Å². The molecule has 0 unspecified atom stereocenters. The Morgan fingerprint density at radius 2 is 1.72 bits per heavy atom. The lowest BCUT2D eigenvalue weighted by atomic mass is 9.72. The summed E-state index contributed by atoms with van der Waals surface area (Å²) in [7, 11) is 1.97. The summed E-state index contributed by atoms with van der Waals surface area (Å²) in [6.07, 6.45) is 19.3. The third-order valence-corrected chi connectivity index (χ3v) is 4.86. The molecule has 1 N–H and O–H groups in total. The molecule has 0 bridgehead atoms. The Labute approximate surface area is 156 Å². The van der Waals surface area contributed by atoms with Gasteiger partial charge in [-0.3, -0.25) is 0 Å². The van der Waals surface area contributed by atoms with Crippen LogP contribution in [0.3, 0.4) is 0 Å². The van der Waals surface area contributed by atoms with E-state index >= 15 is 0 Å². The molecular weight excluding hydrogens is 302 g/mol. The average Bonchev–Trinajstić information content (AvgIpc) is 2.52. The first kappa shape index (κ1) is 21.4. The molecule has 25 heavy (non-hydrogen) atoms. The predicted octanol–water partition coefficient (Wildman–Crippen LogP) is 6.68. The maximum atomic E-state index is 3.16. The van der Waals surface area contributed by atoms with Gasteiger partial charge in [0, 0.05) is 6.54 Å². The van der Waals surface area contributed by atoms with Gasteiger partial charge in [0.1, 0.15) is 0 Å². The molecule has 0 amide bonds. The van der Waals surface area contributed by atoms with Gasteiger partial charge in [-0.05, 0) is 65.0 Å². The molecule has 1 rings (SSSR count). The second kappa shape index (κ2) is 10.4. The third kappa shape index (κ3) is 7.88. The van der Waals surface area contributed by atoms with Crippen molar-refractivity contribution in [2.75, 3.05) is 13.6 Å². The van der Waals surface area contributed by atoms with Crippen molar-refractivity contribution >= 4 is 0 Å². The van der Waals surface area contributed by atoms with E-state index in [1.807, 2.05) is 7.05 Å². The maximum Gasteiger partial charge on any atom is 0.0161 e. The van der Waals surface area contributed by atoms with E-state index in [1.54, 1.807) is 5.57 Å². The van der Waals surface area contributed by atoms with Crippen molar-refractivity contribution in [1.82, 2.24) is 5.32 Å². The first-order valence-electron chi connectivity index (χ1n) is 9.48. The zero-order valence-electron chi connectivity index (χ0n) is 17.4. The fourth-order valence-corrected chi connectivity index (χ4v) is 3.30. The first-order valence-corrected chi connectivity index (χ1v) is 9.48. The van der Waals surface area contributed by atoms with Crippen molar-refractivity contribution in [3.8, 4) is 0 Å². The van der Waals surface area contributed by atoms with Crippen molar-refractivity contribution in [2.24, 2.45) is 5.41 Å². The van der Waals surface area contributed by atoms with Gasteiger partial charge in [-0.1, -0.05) is 78.7 Å². The topological polar surface area (TPSA) is 12.0 Å². The SMILES string of the molecule is CNC/C(C)=C/C=C(C)/C=C/C=C(C)/C=C/C1=C(C)CCCC1(C)C. The number of likely N-dealkylation sites (N-methyl/N-ethyl adjacent to an activating group) is 1. The van der Waals surface area contributed by atoms with Crippen LogP contribution in [0.1, 0.15) is 60.8 Å². The smallest absolute Gasteiger partial charge is 0.0161 e. The number of allylic oxidation sites excluding steroid dienone is 11. The average molecular weight is 340 g/mol. The van der Waals surface area contributed by atoms with E-state index in [2.05, 4.69) is 89.4 Å². The van der Waals surface area contributed by atoms with Crippen LogP contribution in [-0.4, -0.2) is 13.6 Å². The molecule has 0 heterocycles. The maximum absolute atomic E-state index is 3.16. The van der Waals surface area contributed by atoms with Crippen LogP contribution in [0.4, 0.5) is 0 Å². The second-order valence-corrected chi connectivity index (χ2v) is 7.99. The molecule has 0 aromatic heterocycles. The highest BCUT2D eigenvalue weighted by Crippen LogP contribution is 2.40. The monoisotopic (exact) mass is 339 g/mol. The summed E-state index contributed by atoms with van der Waals surface area (Å²) in [4.78, 5) is 0. The van der Waals surface area contributed by atoms with Gasteiger partial charge in [-0.15, -0.1) is 0 Å². The molecule has 1 heteroatoms. The van der Waals surface area contributed by atoms with E-state index in [4.69, 9.17) is 0 Å². The molecule has 0 atom stereocenters. The van der Waals surface area contributed by atoms with Gasteiger partial charge in [-0.25, -0.2) is 0 Å². The summed E-state index contributed by atoms with van der Waals surface area (Å²) in [5, 5.41) is 3.16. The summed E-state index contributed by atoms with van der Waals surface area (Å²) in [6, 6.07) is 0. The first-order chi connectivity index (χ1) is 11.8. The highest BCUT2D eigenvalue weighted by atomic mass is 14.8. The van der Waals surface area contributed by atoms with Crippen LogP contribution in [0.25, 0.3) is 0 Å². The zero-order valence-corrected chi connectivity index (χ0v) is 17.4. The molecule has 0 aromatic rings. The molecule has 1 aliphatic rings. The summed E-state index contributed by atoms with van der Waals surface area (Å²) in [5.74, 6) is 0. The lowest BCUT2D eigenvalue weighted by Gasteiger charge is -2.32. The minimum absolute atomic E-state index is 0.311. The van der Waals surface area contributed by atoms with Crippen molar-refractivity contribution in [3.63, 3.8) is 0 Å². The van der Waals surface area contributed by atoms with Crippen LogP contribution < -0.4 is 5.32 Å². The van der Waals surface area contributed by atoms with Crippen LogP contribution in [-0.2, 0) is 0 Å². The number of rotatable bonds is 7. The van der Waals surface area contributed by atoms with Crippen LogP contribution >= 0.6 is 0 Å². The van der Waals surface area contributed by atoms with Crippen LogP contribution in [0, 0.1) is 5.41 Å². The Morgan fingerprint density at radius 3 is 2.36 bits per heavy atom. The molecule has 0 spiro atoms. The Bertz CT molecular complexity index is 618. The Hall–Kier alpha value is -1.60. The van der Waals surface area contributed by atoms with Crippen molar-refractivity contribution in [2.45, 2.75) is 60.8 Å². The van der Waals surface area contributed by atoms with E-state index in [1.165, 1.54) is 41.6 Å². The lowest BCUT2D eigenvalue weighted by molar-refractivity contribution is 0.377. The Kier molecular flexibility index (Phi) is 8.92. The molecule has 0 fully saturated rings. The van der Waals surface area contributed by atoms with Gasteiger partial charge in [0.2, 0.25) is 0 Å². The van der Waals surface area contributed by atoms with Gasteiger partial charge in [0.15, 0.2) is 0 Å². The summed E-state index contributed by atoms with van der Waals surface area (Å²) >= 11 is 0. The molecule has 0 saturated carbocycles. The van der Waals surface area contributed by atoms with Crippen molar-refractivity contribution in [1.29, 1.82) is 0 Å². The van der Waals surface area contributed by atoms with Gasteiger partial charge in [-0.2, -0.15) is 0 Å². The predicted molar refractivity (Wildman–Crippen MR) is 114 cm³/mol. The molecule has 1 nitrogen and oxygen atoms in total. The Morgan fingerprint density at radius 1 is 1.04 bits per heavy atom. The quantitative estimate of drug-likeness (QED) is 0.510. The highest BCUT2D eigenvalue weighted by molar-refractivity contribution is 5.37. The van der Waals surface area contributed by atoms with Gasteiger partial charge in [0.05, 0.1) is 0 Å². The highest BCUT2D eigenvalue weighted by Gasteiger charge is 2.26. The molecule has 0 radical (unpaired) electrons. The standard InChI is InChI=1S/C24H37N/c1-19(13-14-21(3)18-25-7)10-8-11-20(2)15-16-23-22(4)12-9-17-24(23,5)6/h8,10-11,13-16,25H,9,12,17-18H2,1-7H3/b10-8+,16-15+,19-13+,20-11+,21-14+. The van der Waals surface area contributed by atoms with Gasteiger partial charge >= 0.3 is 0 Å². The number of hydrogen-bond donors (Lipinski definition) is 1. The second-order valence-electron chi connectivity index (χ2n) is 7.99. The van der Waals surface area contributed by atoms with E-state index in [0.717, 1.165) is 6.54 Å². The molecule has 0 aliphatic heterocycles. The normalized spacial score (nSPS) is 20.2. The third-order valence-electron chi connectivity index (χ3n) is 4.86. The van der Waals surface area contributed by atoms with Crippen molar-refractivity contribution in [3.05, 3.63) is 70.4 Å². The largest absolute Gasteiger partial charge is 0.316 e. The minimum Gasteiger partial charge on any atom is -0.316 e.